The van der Waals surface area contributed by atoms with E-state index in [4.69, 9.17) is 10.5 Å². The zero-order valence-electron chi connectivity index (χ0n) is 8.18. The fourth-order valence-electron chi connectivity index (χ4n) is 1.60. The van der Waals surface area contributed by atoms with Crippen LogP contribution in [0.3, 0.4) is 0 Å². The van der Waals surface area contributed by atoms with Crippen molar-refractivity contribution in [2.45, 2.75) is 18.4 Å². The first-order valence-electron chi connectivity index (χ1n) is 4.54. The lowest BCUT2D eigenvalue weighted by atomic mass is 10.0. The van der Waals surface area contributed by atoms with Crippen molar-refractivity contribution < 1.29 is 14.2 Å². The van der Waals surface area contributed by atoms with Gasteiger partial charge < -0.3 is 15.6 Å². The minimum atomic E-state index is -0.705. The lowest BCUT2D eigenvalue weighted by molar-refractivity contribution is 0.392. The normalized spacial score (nSPS) is 17.6. The van der Waals surface area contributed by atoms with Crippen LogP contribution >= 0.6 is 15.9 Å². The molecule has 0 aromatic heterocycles. The maximum Gasteiger partial charge on any atom is 0.149 e. The van der Waals surface area contributed by atoms with Crippen LogP contribution in [0.15, 0.2) is 10.5 Å². The van der Waals surface area contributed by atoms with Crippen LogP contribution in [-0.4, -0.2) is 12.2 Å². The molecule has 0 bridgehead atoms. The van der Waals surface area contributed by atoms with Crippen LogP contribution in [0.1, 0.15) is 18.4 Å². The second-order valence-corrected chi connectivity index (χ2v) is 4.55. The van der Waals surface area contributed by atoms with Gasteiger partial charge in [-0.25, -0.2) is 4.39 Å². The average Bonchev–Trinajstić information content (AvgIpc) is 2.91. The van der Waals surface area contributed by atoms with Gasteiger partial charge in [-0.3, -0.25) is 0 Å². The standard InChI is InChI=1S/C10H11BrFNO2/c1-15-6-4-5(14)7(9(12)8(6)11)10(13)2-3-10/h4,14H,2-3,13H2,1H3. The highest BCUT2D eigenvalue weighted by atomic mass is 79.9. The van der Waals surface area contributed by atoms with Gasteiger partial charge in [0.15, 0.2) is 0 Å². The van der Waals surface area contributed by atoms with E-state index in [1.54, 1.807) is 0 Å². The van der Waals surface area contributed by atoms with E-state index in [9.17, 15) is 9.50 Å². The topological polar surface area (TPSA) is 55.5 Å². The van der Waals surface area contributed by atoms with Crippen LogP contribution in [0, 0.1) is 5.82 Å². The van der Waals surface area contributed by atoms with Crippen LogP contribution in [0.4, 0.5) is 4.39 Å². The van der Waals surface area contributed by atoms with Gasteiger partial charge in [-0.15, -0.1) is 0 Å². The summed E-state index contributed by atoms with van der Waals surface area (Å²) >= 11 is 3.08. The predicted molar refractivity (Wildman–Crippen MR) is 57.4 cm³/mol. The van der Waals surface area contributed by atoms with Crippen molar-refractivity contribution in [2.24, 2.45) is 5.73 Å². The fraction of sp³-hybridized carbons (Fsp3) is 0.400. The molecule has 1 aromatic carbocycles. The molecule has 0 heterocycles. The first kappa shape index (κ1) is 10.7. The van der Waals surface area contributed by atoms with Crippen LogP contribution in [-0.2, 0) is 5.54 Å². The lowest BCUT2D eigenvalue weighted by Crippen LogP contribution is -2.21. The summed E-state index contributed by atoms with van der Waals surface area (Å²) in [4.78, 5) is 0. The number of rotatable bonds is 2. The molecule has 1 saturated carbocycles. The van der Waals surface area contributed by atoms with Crippen LogP contribution in [0.25, 0.3) is 0 Å². The summed E-state index contributed by atoms with van der Waals surface area (Å²) in [7, 11) is 1.41. The van der Waals surface area contributed by atoms with Gasteiger partial charge in [0, 0.05) is 11.6 Å². The minimum absolute atomic E-state index is 0.146. The molecule has 2 rings (SSSR count). The second kappa shape index (κ2) is 3.35. The maximum atomic E-state index is 13.9. The predicted octanol–water partition coefficient (Wildman–Crippen LogP) is 2.25. The largest absolute Gasteiger partial charge is 0.507 e. The van der Waals surface area contributed by atoms with Crippen LogP contribution in [0.2, 0.25) is 0 Å². The van der Waals surface area contributed by atoms with Gasteiger partial charge in [-0.2, -0.15) is 0 Å². The first-order valence-corrected chi connectivity index (χ1v) is 5.33. The molecule has 0 saturated heterocycles. The number of nitrogens with two attached hydrogens (primary N) is 1. The van der Waals surface area contributed by atoms with Crippen LogP contribution < -0.4 is 10.5 Å². The lowest BCUT2D eigenvalue weighted by Gasteiger charge is -2.15. The Labute approximate surface area is 95.2 Å². The molecule has 1 aromatic rings. The summed E-state index contributed by atoms with van der Waals surface area (Å²) in [5.74, 6) is -0.419. The van der Waals surface area contributed by atoms with Gasteiger partial charge in [0.05, 0.1) is 17.1 Å². The number of ether oxygens (including phenoxy) is 1. The summed E-state index contributed by atoms with van der Waals surface area (Å²) < 4.78 is 19.0. The monoisotopic (exact) mass is 275 g/mol. The molecule has 5 heteroatoms. The Balaban J connectivity index is 2.61. The van der Waals surface area contributed by atoms with Gasteiger partial charge in [-0.1, -0.05) is 0 Å². The Bertz CT molecular complexity index is 418. The van der Waals surface area contributed by atoms with Gasteiger partial charge in [0.2, 0.25) is 0 Å². The SMILES string of the molecule is COc1cc(O)c(C2(N)CC2)c(F)c1Br. The molecule has 0 aliphatic heterocycles. The second-order valence-electron chi connectivity index (χ2n) is 3.76. The third-order valence-electron chi connectivity index (χ3n) is 2.66. The number of hydrogen-bond donors (Lipinski definition) is 2. The van der Waals surface area contributed by atoms with Gasteiger partial charge in [0.25, 0.3) is 0 Å². The van der Waals surface area contributed by atoms with E-state index in [2.05, 4.69) is 15.9 Å². The Morgan fingerprint density at radius 2 is 2.20 bits per heavy atom. The van der Waals surface area contributed by atoms with E-state index < -0.39 is 11.4 Å². The Kier molecular flexibility index (Phi) is 2.39. The summed E-state index contributed by atoms with van der Waals surface area (Å²) in [6.45, 7) is 0. The number of aromatic hydroxyl groups is 1. The van der Waals surface area contributed by atoms with Crippen molar-refractivity contribution in [2.75, 3.05) is 7.11 Å². The van der Waals surface area contributed by atoms with Crippen molar-refractivity contribution in [3.05, 3.63) is 21.9 Å². The molecule has 3 N–H and O–H groups in total. The summed E-state index contributed by atoms with van der Waals surface area (Å²) in [6.07, 6.45) is 1.38. The highest BCUT2D eigenvalue weighted by Crippen LogP contribution is 2.50. The number of benzene rings is 1. The molecule has 1 aliphatic rings. The number of methoxy groups -OCH3 is 1. The highest BCUT2D eigenvalue weighted by Gasteiger charge is 2.45. The molecule has 0 amide bonds. The van der Waals surface area contributed by atoms with E-state index in [1.165, 1.54) is 13.2 Å². The quantitative estimate of drug-likeness (QED) is 0.871. The average molecular weight is 276 g/mol. The summed E-state index contributed by atoms with van der Waals surface area (Å²) in [6, 6.07) is 1.37. The van der Waals surface area contributed by atoms with E-state index in [1.807, 2.05) is 0 Å². The van der Waals surface area contributed by atoms with Crippen molar-refractivity contribution in [1.29, 1.82) is 0 Å². The maximum absolute atomic E-state index is 13.9. The summed E-state index contributed by atoms with van der Waals surface area (Å²) in [5.41, 5.74) is 5.34. The number of phenolic OH excluding ortho intramolecular Hbond substituents is 1. The Hall–Kier alpha value is -0.810. The number of halogens is 2. The molecule has 1 aliphatic carbocycles. The van der Waals surface area contributed by atoms with E-state index >= 15 is 0 Å². The van der Waals surface area contributed by atoms with Crippen LogP contribution in [0.5, 0.6) is 11.5 Å². The van der Waals surface area contributed by atoms with Crippen molar-refractivity contribution in [1.82, 2.24) is 0 Å². The summed E-state index contributed by atoms with van der Waals surface area (Å²) in [5, 5.41) is 9.68. The molecule has 0 radical (unpaired) electrons. The fourth-order valence-corrected chi connectivity index (χ4v) is 2.07. The van der Waals surface area contributed by atoms with Crippen molar-refractivity contribution in [3.63, 3.8) is 0 Å². The first-order chi connectivity index (χ1) is 6.99. The van der Waals surface area contributed by atoms with Gasteiger partial charge in [-0.05, 0) is 28.8 Å². The van der Waals surface area contributed by atoms with Crippen molar-refractivity contribution in [3.8, 4) is 11.5 Å². The third-order valence-corrected chi connectivity index (χ3v) is 3.40. The van der Waals surface area contributed by atoms with Gasteiger partial charge in [0.1, 0.15) is 17.3 Å². The van der Waals surface area contributed by atoms with E-state index in [0.717, 1.165) is 0 Å². The molecular formula is C10H11BrFNO2. The minimum Gasteiger partial charge on any atom is -0.507 e. The molecule has 3 nitrogen and oxygen atoms in total. The Morgan fingerprint density at radius 3 is 2.67 bits per heavy atom. The Morgan fingerprint density at radius 1 is 1.60 bits per heavy atom. The molecule has 0 atom stereocenters. The molecule has 0 spiro atoms. The van der Waals surface area contributed by atoms with Crippen molar-refractivity contribution >= 4 is 15.9 Å². The number of phenols is 1. The highest BCUT2D eigenvalue weighted by molar-refractivity contribution is 9.10. The smallest absolute Gasteiger partial charge is 0.149 e. The van der Waals surface area contributed by atoms with E-state index in [0.29, 0.717) is 12.8 Å². The zero-order chi connectivity index (χ0) is 11.2. The van der Waals surface area contributed by atoms with E-state index in [-0.39, 0.29) is 21.5 Å². The molecule has 82 valence electrons. The molecular weight excluding hydrogens is 265 g/mol. The molecule has 1 fully saturated rings. The third kappa shape index (κ3) is 1.59. The van der Waals surface area contributed by atoms with Gasteiger partial charge >= 0.3 is 0 Å². The number of hydrogen-bond acceptors (Lipinski definition) is 3. The zero-order valence-corrected chi connectivity index (χ0v) is 9.77. The molecule has 0 unspecified atom stereocenters. The molecule has 15 heavy (non-hydrogen) atoms.